The SMILES string of the molecule is Cc1c(N2CC[C@@H]([C@H](C)NCl)C2)c(F)cc2cc(S(=O)(=O)N(C)C)c(=O)n(C3CC3)c12. The van der Waals surface area contributed by atoms with Crippen LogP contribution in [0.3, 0.4) is 0 Å². The van der Waals surface area contributed by atoms with Crippen molar-refractivity contribution in [3.8, 4) is 0 Å². The molecule has 0 bridgehead atoms. The normalized spacial score (nSPS) is 20.7. The number of sulfonamides is 1. The van der Waals surface area contributed by atoms with E-state index in [1.54, 1.807) is 4.57 Å². The zero-order chi connectivity index (χ0) is 22.7. The number of fused-ring (bicyclic) bond motifs is 1. The van der Waals surface area contributed by atoms with Gasteiger partial charge in [0, 0.05) is 44.7 Å². The number of anilines is 1. The number of halogens is 2. The van der Waals surface area contributed by atoms with Gasteiger partial charge in [0.15, 0.2) is 0 Å². The summed E-state index contributed by atoms with van der Waals surface area (Å²) < 4.78 is 43.5. The molecule has 0 radical (unpaired) electrons. The quantitative estimate of drug-likeness (QED) is 0.657. The summed E-state index contributed by atoms with van der Waals surface area (Å²) in [5.41, 5.74) is 1.23. The van der Waals surface area contributed by atoms with Gasteiger partial charge in [0.05, 0.1) is 11.2 Å². The fourth-order valence-electron chi connectivity index (χ4n) is 4.57. The van der Waals surface area contributed by atoms with Crippen molar-refractivity contribution in [3.05, 3.63) is 33.9 Å². The van der Waals surface area contributed by atoms with Gasteiger partial charge in [0.25, 0.3) is 5.56 Å². The van der Waals surface area contributed by atoms with Crippen molar-refractivity contribution in [1.29, 1.82) is 0 Å². The van der Waals surface area contributed by atoms with Crippen LogP contribution in [-0.4, -0.2) is 50.5 Å². The van der Waals surface area contributed by atoms with Gasteiger partial charge < -0.3 is 9.47 Å². The van der Waals surface area contributed by atoms with Gasteiger partial charge >= 0.3 is 0 Å². The molecule has 31 heavy (non-hydrogen) atoms. The van der Waals surface area contributed by atoms with E-state index < -0.39 is 21.4 Å². The molecule has 0 spiro atoms. The van der Waals surface area contributed by atoms with Crippen molar-refractivity contribution >= 4 is 38.4 Å². The van der Waals surface area contributed by atoms with Crippen molar-refractivity contribution in [2.75, 3.05) is 32.1 Å². The highest BCUT2D eigenvalue weighted by atomic mass is 35.5. The highest BCUT2D eigenvalue weighted by Crippen LogP contribution is 2.41. The Morgan fingerprint density at radius 1 is 1.26 bits per heavy atom. The summed E-state index contributed by atoms with van der Waals surface area (Å²) in [4.78, 5) is 17.7. The van der Waals surface area contributed by atoms with Crippen molar-refractivity contribution in [3.63, 3.8) is 0 Å². The van der Waals surface area contributed by atoms with E-state index >= 15 is 4.39 Å². The van der Waals surface area contributed by atoms with Gasteiger partial charge in [0.1, 0.15) is 10.7 Å². The minimum absolute atomic E-state index is 0.0591. The van der Waals surface area contributed by atoms with E-state index in [0.29, 0.717) is 35.2 Å². The Kier molecular flexibility index (Phi) is 5.83. The summed E-state index contributed by atoms with van der Waals surface area (Å²) in [5, 5.41) is 0.428. The third-order valence-corrected chi connectivity index (χ3v) is 8.69. The smallest absolute Gasteiger partial charge is 0.271 e. The first-order chi connectivity index (χ1) is 14.6. The van der Waals surface area contributed by atoms with Gasteiger partial charge in [-0.1, -0.05) is 0 Å². The minimum Gasteiger partial charge on any atom is -0.369 e. The average Bonchev–Trinajstić information content (AvgIpc) is 3.43. The number of aryl methyl sites for hydroxylation is 1. The highest BCUT2D eigenvalue weighted by molar-refractivity contribution is 7.89. The van der Waals surface area contributed by atoms with Gasteiger partial charge in [-0.3, -0.25) is 4.79 Å². The van der Waals surface area contributed by atoms with E-state index in [2.05, 4.69) is 4.84 Å². The van der Waals surface area contributed by atoms with E-state index in [4.69, 9.17) is 11.8 Å². The lowest BCUT2D eigenvalue weighted by atomic mass is 10.0. The zero-order valence-electron chi connectivity index (χ0n) is 18.2. The Labute approximate surface area is 186 Å². The maximum atomic E-state index is 15.3. The van der Waals surface area contributed by atoms with Crippen LogP contribution in [0.5, 0.6) is 0 Å². The molecule has 1 saturated heterocycles. The molecule has 1 saturated carbocycles. The Morgan fingerprint density at radius 2 is 1.94 bits per heavy atom. The molecule has 2 aromatic rings. The first-order valence-electron chi connectivity index (χ1n) is 10.5. The summed E-state index contributed by atoms with van der Waals surface area (Å²) >= 11 is 5.79. The molecule has 2 fully saturated rings. The molecule has 2 heterocycles. The Balaban J connectivity index is 1.92. The predicted octanol–water partition coefficient (Wildman–Crippen LogP) is 2.99. The largest absolute Gasteiger partial charge is 0.369 e. The lowest BCUT2D eigenvalue weighted by Gasteiger charge is -2.25. The molecule has 1 N–H and O–H groups in total. The fraction of sp³-hybridized carbons (Fsp3) is 0.571. The van der Waals surface area contributed by atoms with Crippen LogP contribution >= 0.6 is 11.8 Å². The number of pyridine rings is 1. The molecular weight excluding hydrogens is 443 g/mol. The van der Waals surface area contributed by atoms with Crippen molar-refractivity contribution < 1.29 is 12.8 Å². The van der Waals surface area contributed by atoms with Crippen molar-refractivity contribution in [2.45, 2.75) is 50.1 Å². The van der Waals surface area contributed by atoms with Crippen LogP contribution in [0.4, 0.5) is 10.1 Å². The molecule has 1 aliphatic carbocycles. The van der Waals surface area contributed by atoms with Gasteiger partial charge in [-0.15, -0.1) is 0 Å². The molecule has 1 aliphatic heterocycles. The topological polar surface area (TPSA) is 74.7 Å². The van der Waals surface area contributed by atoms with Gasteiger partial charge in [0.2, 0.25) is 10.0 Å². The molecule has 2 atom stereocenters. The van der Waals surface area contributed by atoms with Crippen LogP contribution in [-0.2, 0) is 10.0 Å². The second kappa shape index (κ2) is 8.03. The second-order valence-corrected chi connectivity index (χ2v) is 11.2. The van der Waals surface area contributed by atoms with E-state index in [-0.39, 0.29) is 22.9 Å². The molecule has 10 heteroatoms. The Morgan fingerprint density at radius 3 is 2.52 bits per heavy atom. The molecule has 1 aromatic heterocycles. The third kappa shape index (κ3) is 3.75. The van der Waals surface area contributed by atoms with Crippen LogP contribution in [0.1, 0.15) is 37.8 Å². The van der Waals surface area contributed by atoms with Gasteiger partial charge in [-0.25, -0.2) is 21.9 Å². The number of rotatable bonds is 6. The molecule has 2 aliphatic rings. The fourth-order valence-corrected chi connectivity index (χ4v) is 5.74. The molecule has 7 nitrogen and oxygen atoms in total. The standard InChI is InChI=1S/C21H28ClFN4O3S/c1-12-19-15(9-17(23)20(12)26-8-7-14(11-26)13(2)24-22)10-18(31(29,30)25(3)4)21(28)27(19)16-5-6-16/h9-10,13-14,16,24H,5-8,11H2,1-4H3/t13-,14+/m0/s1. The number of nitrogens with zero attached hydrogens (tertiary/aromatic N) is 3. The number of hydrogen-bond acceptors (Lipinski definition) is 5. The van der Waals surface area contributed by atoms with E-state index in [1.165, 1.54) is 26.2 Å². The zero-order valence-corrected chi connectivity index (χ0v) is 19.7. The summed E-state index contributed by atoms with van der Waals surface area (Å²) in [6.07, 6.45) is 2.49. The molecular formula is C21H28ClFN4O3S. The summed E-state index contributed by atoms with van der Waals surface area (Å²) in [6, 6.07) is 2.72. The predicted molar refractivity (Wildman–Crippen MR) is 121 cm³/mol. The second-order valence-electron chi connectivity index (χ2n) is 8.86. The Bertz CT molecular complexity index is 1190. The lowest BCUT2D eigenvalue weighted by molar-refractivity contribution is 0.461. The van der Waals surface area contributed by atoms with Crippen LogP contribution in [0.15, 0.2) is 21.8 Å². The summed E-state index contributed by atoms with van der Waals surface area (Å²) in [5.74, 6) is -0.128. The van der Waals surface area contributed by atoms with Crippen LogP contribution in [0.25, 0.3) is 10.9 Å². The monoisotopic (exact) mass is 470 g/mol. The highest BCUT2D eigenvalue weighted by Gasteiger charge is 2.34. The van der Waals surface area contributed by atoms with Crippen LogP contribution in [0, 0.1) is 18.7 Å². The van der Waals surface area contributed by atoms with Crippen LogP contribution < -0.4 is 15.3 Å². The van der Waals surface area contributed by atoms with Crippen molar-refractivity contribution in [1.82, 2.24) is 13.7 Å². The molecule has 4 rings (SSSR count). The molecule has 0 unspecified atom stereocenters. The number of benzene rings is 1. The third-order valence-electron chi connectivity index (χ3n) is 6.54. The van der Waals surface area contributed by atoms with E-state index in [0.717, 1.165) is 23.6 Å². The summed E-state index contributed by atoms with van der Waals surface area (Å²) in [7, 11) is -1.18. The number of aromatic nitrogens is 1. The minimum atomic E-state index is -3.95. The average molecular weight is 471 g/mol. The maximum absolute atomic E-state index is 15.3. The number of hydrogen-bond donors (Lipinski definition) is 1. The van der Waals surface area contributed by atoms with Gasteiger partial charge in [-0.05, 0) is 68.5 Å². The van der Waals surface area contributed by atoms with E-state index in [9.17, 15) is 13.2 Å². The van der Waals surface area contributed by atoms with E-state index in [1.807, 2.05) is 18.7 Å². The van der Waals surface area contributed by atoms with Gasteiger partial charge in [-0.2, -0.15) is 0 Å². The Hall–Kier alpha value is -1.68. The molecule has 0 amide bonds. The number of nitrogens with one attached hydrogen (secondary N) is 1. The molecule has 1 aromatic carbocycles. The first-order valence-corrected chi connectivity index (χ1v) is 12.3. The molecule has 170 valence electrons. The van der Waals surface area contributed by atoms with Crippen LogP contribution in [0.2, 0.25) is 0 Å². The maximum Gasteiger partial charge on any atom is 0.271 e. The lowest BCUT2D eigenvalue weighted by Crippen LogP contribution is -2.33. The first kappa shape index (κ1) is 22.5. The van der Waals surface area contributed by atoms with Crippen molar-refractivity contribution in [2.24, 2.45) is 5.92 Å². The summed E-state index contributed by atoms with van der Waals surface area (Å²) in [6.45, 7) is 5.17.